The van der Waals surface area contributed by atoms with Crippen molar-refractivity contribution in [3.8, 4) is 5.69 Å². The zero-order valence-corrected chi connectivity index (χ0v) is 7.98. The fourth-order valence-electron chi connectivity index (χ4n) is 1.29. The second-order valence-corrected chi connectivity index (χ2v) is 3.01. The lowest BCUT2D eigenvalue weighted by Gasteiger charge is -2.01. The summed E-state index contributed by atoms with van der Waals surface area (Å²) in [6.45, 7) is 0.385. The monoisotopic (exact) mass is 199 g/mol. The van der Waals surface area contributed by atoms with Crippen molar-refractivity contribution in [1.82, 2.24) is 9.78 Å². The number of hydrogen-bond acceptors (Lipinski definition) is 2. The second-order valence-electron chi connectivity index (χ2n) is 3.01. The third-order valence-electron chi connectivity index (χ3n) is 2.02. The molecule has 0 N–H and O–H groups in total. The van der Waals surface area contributed by atoms with E-state index in [9.17, 15) is 0 Å². The first-order valence-electron chi connectivity index (χ1n) is 4.50. The topological polar surface area (TPSA) is 66.6 Å². The van der Waals surface area contributed by atoms with Gasteiger partial charge >= 0.3 is 0 Å². The number of rotatable bonds is 3. The molecule has 1 aromatic heterocycles. The molecule has 0 atom stereocenters. The molecule has 0 amide bonds. The highest BCUT2D eigenvalue weighted by atomic mass is 15.3. The van der Waals surface area contributed by atoms with Crippen molar-refractivity contribution in [2.24, 2.45) is 5.11 Å². The number of nitrogens with zero attached hydrogens (tertiary/aromatic N) is 5. The minimum atomic E-state index is 0.385. The Labute approximate surface area is 86.6 Å². The molecule has 5 nitrogen and oxygen atoms in total. The predicted octanol–water partition coefficient (Wildman–Crippen LogP) is 2.68. The van der Waals surface area contributed by atoms with Gasteiger partial charge in [0, 0.05) is 17.3 Å². The Balaban J connectivity index is 2.21. The molecule has 0 fully saturated rings. The van der Waals surface area contributed by atoms with E-state index in [0.29, 0.717) is 6.54 Å². The average Bonchev–Trinajstić information content (AvgIpc) is 2.80. The number of aromatic nitrogens is 2. The van der Waals surface area contributed by atoms with Gasteiger partial charge in [-0.1, -0.05) is 17.2 Å². The maximum Gasteiger partial charge on any atom is 0.0645 e. The van der Waals surface area contributed by atoms with Gasteiger partial charge in [0.2, 0.25) is 0 Å². The molecule has 0 saturated heterocycles. The molecule has 15 heavy (non-hydrogen) atoms. The maximum atomic E-state index is 8.18. The molecular weight excluding hydrogens is 190 g/mol. The molecule has 0 aliphatic carbocycles. The van der Waals surface area contributed by atoms with Gasteiger partial charge in [-0.15, -0.1) is 0 Å². The molecular formula is C10H9N5. The van der Waals surface area contributed by atoms with Gasteiger partial charge in [0.05, 0.1) is 12.2 Å². The summed E-state index contributed by atoms with van der Waals surface area (Å²) in [4.78, 5) is 2.71. The van der Waals surface area contributed by atoms with Crippen molar-refractivity contribution < 1.29 is 0 Å². The smallest absolute Gasteiger partial charge is 0.0645 e. The van der Waals surface area contributed by atoms with Gasteiger partial charge in [0.15, 0.2) is 0 Å². The van der Waals surface area contributed by atoms with Crippen LogP contribution in [0.3, 0.4) is 0 Å². The second kappa shape index (κ2) is 4.30. The number of benzene rings is 1. The summed E-state index contributed by atoms with van der Waals surface area (Å²) in [7, 11) is 0. The van der Waals surface area contributed by atoms with Crippen LogP contribution in [0.5, 0.6) is 0 Å². The molecule has 0 aliphatic rings. The fourth-order valence-corrected chi connectivity index (χ4v) is 1.29. The molecule has 1 heterocycles. The third kappa shape index (κ3) is 2.15. The number of azide groups is 1. The van der Waals surface area contributed by atoms with Gasteiger partial charge < -0.3 is 0 Å². The van der Waals surface area contributed by atoms with Crippen LogP contribution in [-0.4, -0.2) is 9.78 Å². The molecule has 5 heteroatoms. The van der Waals surface area contributed by atoms with Crippen LogP contribution in [-0.2, 0) is 6.54 Å². The lowest BCUT2D eigenvalue weighted by Crippen LogP contribution is -1.93. The van der Waals surface area contributed by atoms with Crippen molar-refractivity contribution >= 4 is 0 Å². The molecule has 0 unspecified atom stereocenters. The molecule has 74 valence electrons. The molecule has 0 radical (unpaired) electrons. The SMILES string of the molecule is [N-]=[N+]=NCc1ccc(-n2cccn2)cc1. The largest absolute Gasteiger partial charge is 0.241 e. The Morgan fingerprint density at radius 1 is 1.33 bits per heavy atom. The van der Waals surface area contributed by atoms with E-state index in [1.807, 2.05) is 36.5 Å². The highest BCUT2D eigenvalue weighted by Crippen LogP contribution is 2.09. The summed E-state index contributed by atoms with van der Waals surface area (Å²) in [6.07, 6.45) is 3.61. The quantitative estimate of drug-likeness (QED) is 0.425. The Hall–Kier alpha value is -2.26. The molecule has 0 aliphatic heterocycles. The zero-order chi connectivity index (χ0) is 10.5. The van der Waals surface area contributed by atoms with E-state index >= 15 is 0 Å². The van der Waals surface area contributed by atoms with E-state index in [-0.39, 0.29) is 0 Å². The maximum absolute atomic E-state index is 8.18. The fraction of sp³-hybridized carbons (Fsp3) is 0.100. The Kier molecular flexibility index (Phi) is 2.67. The first-order valence-corrected chi connectivity index (χ1v) is 4.50. The Morgan fingerprint density at radius 2 is 2.13 bits per heavy atom. The summed E-state index contributed by atoms with van der Waals surface area (Å²) in [5.41, 5.74) is 10.2. The average molecular weight is 199 g/mol. The van der Waals surface area contributed by atoms with Gasteiger partial charge in [0.1, 0.15) is 0 Å². The molecule has 0 saturated carbocycles. The Bertz CT molecular complexity index is 465. The van der Waals surface area contributed by atoms with Crippen LogP contribution < -0.4 is 0 Å². The summed E-state index contributed by atoms with van der Waals surface area (Å²) < 4.78 is 1.78. The minimum Gasteiger partial charge on any atom is -0.241 e. The third-order valence-corrected chi connectivity index (χ3v) is 2.02. The van der Waals surface area contributed by atoms with Crippen LogP contribution in [0.1, 0.15) is 5.56 Å². The van der Waals surface area contributed by atoms with Crippen molar-refractivity contribution in [3.05, 3.63) is 58.7 Å². The van der Waals surface area contributed by atoms with Crippen molar-refractivity contribution in [1.29, 1.82) is 0 Å². The van der Waals surface area contributed by atoms with E-state index in [1.165, 1.54) is 0 Å². The standard InChI is InChI=1S/C10H9N5/c11-14-12-8-9-2-4-10(5-3-9)15-7-1-6-13-15/h1-7H,8H2. The lowest BCUT2D eigenvalue weighted by atomic mass is 10.2. The summed E-state index contributed by atoms with van der Waals surface area (Å²) in [5.74, 6) is 0. The number of hydrogen-bond donors (Lipinski definition) is 0. The van der Waals surface area contributed by atoms with Crippen LogP contribution in [0.2, 0.25) is 0 Å². The van der Waals surface area contributed by atoms with Crippen LogP contribution >= 0.6 is 0 Å². The van der Waals surface area contributed by atoms with Gasteiger partial charge in [-0.3, -0.25) is 0 Å². The first-order chi connectivity index (χ1) is 7.40. The molecule has 0 bridgehead atoms. The predicted molar refractivity (Wildman–Crippen MR) is 56.4 cm³/mol. The van der Waals surface area contributed by atoms with Crippen molar-refractivity contribution in [3.63, 3.8) is 0 Å². The highest BCUT2D eigenvalue weighted by molar-refractivity contribution is 5.33. The first kappa shape index (κ1) is 9.30. The zero-order valence-electron chi connectivity index (χ0n) is 7.98. The van der Waals surface area contributed by atoms with E-state index < -0.39 is 0 Å². The molecule has 2 rings (SSSR count). The van der Waals surface area contributed by atoms with E-state index in [4.69, 9.17) is 5.53 Å². The Morgan fingerprint density at radius 3 is 2.73 bits per heavy atom. The highest BCUT2D eigenvalue weighted by Gasteiger charge is 1.95. The van der Waals surface area contributed by atoms with Crippen LogP contribution in [0.15, 0.2) is 47.8 Å². The summed E-state index contributed by atoms with van der Waals surface area (Å²) in [5, 5.41) is 7.61. The summed E-state index contributed by atoms with van der Waals surface area (Å²) in [6, 6.07) is 9.59. The minimum absolute atomic E-state index is 0.385. The van der Waals surface area contributed by atoms with Crippen molar-refractivity contribution in [2.75, 3.05) is 0 Å². The van der Waals surface area contributed by atoms with E-state index in [1.54, 1.807) is 10.9 Å². The van der Waals surface area contributed by atoms with Gasteiger partial charge in [-0.2, -0.15) is 5.10 Å². The van der Waals surface area contributed by atoms with Crippen molar-refractivity contribution in [2.45, 2.75) is 6.54 Å². The normalized spacial score (nSPS) is 9.60. The van der Waals surface area contributed by atoms with Gasteiger partial charge in [-0.25, -0.2) is 4.68 Å². The summed E-state index contributed by atoms with van der Waals surface area (Å²) >= 11 is 0. The van der Waals surface area contributed by atoms with Gasteiger partial charge in [0.25, 0.3) is 0 Å². The molecule has 1 aromatic carbocycles. The van der Waals surface area contributed by atoms with Crippen LogP contribution in [0.25, 0.3) is 16.1 Å². The molecule has 2 aromatic rings. The van der Waals surface area contributed by atoms with E-state index in [0.717, 1.165) is 11.3 Å². The van der Waals surface area contributed by atoms with Crippen LogP contribution in [0, 0.1) is 0 Å². The molecule has 0 spiro atoms. The van der Waals surface area contributed by atoms with E-state index in [2.05, 4.69) is 15.1 Å². The lowest BCUT2D eigenvalue weighted by molar-refractivity contribution is 0.878. The van der Waals surface area contributed by atoms with Gasteiger partial charge in [-0.05, 0) is 29.3 Å². The van der Waals surface area contributed by atoms with Crippen LogP contribution in [0.4, 0.5) is 0 Å².